The molecular formula is C31H35F3N4O7S. The molecule has 15 heteroatoms. The Morgan fingerprint density at radius 1 is 1.13 bits per heavy atom. The predicted octanol–water partition coefficient (Wildman–Crippen LogP) is 4.90. The molecule has 0 aromatic heterocycles. The number of carbonyl (C=O) groups is 2. The normalized spacial score (nSPS) is 17.8. The first-order valence-corrected chi connectivity index (χ1v) is 15.7. The van der Waals surface area contributed by atoms with E-state index in [4.69, 9.17) is 9.47 Å². The van der Waals surface area contributed by atoms with E-state index in [1.165, 1.54) is 67.6 Å². The molecule has 4 rings (SSSR count). The first-order valence-electron chi connectivity index (χ1n) is 14.2. The number of nitrogens with one attached hydrogen (secondary N) is 2. The van der Waals surface area contributed by atoms with Crippen molar-refractivity contribution < 1.29 is 45.8 Å². The van der Waals surface area contributed by atoms with E-state index >= 15 is 0 Å². The number of halogens is 3. The van der Waals surface area contributed by atoms with E-state index in [0.29, 0.717) is 5.75 Å². The number of urea groups is 1. The summed E-state index contributed by atoms with van der Waals surface area (Å²) < 4.78 is 79.0. The van der Waals surface area contributed by atoms with E-state index in [0.717, 1.165) is 22.5 Å². The van der Waals surface area contributed by atoms with Crippen LogP contribution in [0.2, 0.25) is 0 Å². The summed E-state index contributed by atoms with van der Waals surface area (Å²) in [5.41, 5.74) is -1.02. The molecule has 0 aliphatic carbocycles. The van der Waals surface area contributed by atoms with Crippen LogP contribution in [0.15, 0.2) is 71.6 Å². The zero-order valence-electron chi connectivity index (χ0n) is 25.5. The van der Waals surface area contributed by atoms with Crippen molar-refractivity contribution in [2.24, 2.45) is 5.92 Å². The van der Waals surface area contributed by atoms with Crippen LogP contribution in [0.4, 0.5) is 29.3 Å². The number of amides is 3. The lowest BCUT2D eigenvalue weighted by molar-refractivity contribution is -0.137. The first-order chi connectivity index (χ1) is 21.6. The van der Waals surface area contributed by atoms with Gasteiger partial charge in [-0.3, -0.25) is 4.79 Å². The Balaban J connectivity index is 1.67. The molecule has 0 radical (unpaired) electrons. The third-order valence-electron chi connectivity index (χ3n) is 7.59. The predicted molar refractivity (Wildman–Crippen MR) is 165 cm³/mol. The Bertz CT molecular complexity index is 1670. The smallest absolute Gasteiger partial charge is 0.416 e. The average Bonchev–Trinajstić information content (AvgIpc) is 3.02. The number of fused-ring (bicyclic) bond motifs is 1. The number of hydrogen-bond acceptors (Lipinski definition) is 7. The van der Waals surface area contributed by atoms with Crippen LogP contribution >= 0.6 is 0 Å². The van der Waals surface area contributed by atoms with Gasteiger partial charge in [0.05, 0.1) is 48.0 Å². The van der Waals surface area contributed by atoms with Crippen LogP contribution < -0.4 is 20.1 Å². The number of nitrogens with zero attached hydrogens (tertiary/aromatic N) is 2. The molecular weight excluding hydrogens is 629 g/mol. The van der Waals surface area contributed by atoms with Gasteiger partial charge in [0.2, 0.25) is 10.0 Å². The topological polar surface area (TPSA) is 138 Å². The fourth-order valence-electron chi connectivity index (χ4n) is 4.90. The van der Waals surface area contributed by atoms with Crippen molar-refractivity contribution in [1.29, 1.82) is 0 Å². The van der Waals surface area contributed by atoms with Crippen LogP contribution in [0.3, 0.4) is 0 Å². The van der Waals surface area contributed by atoms with E-state index < -0.39 is 51.8 Å². The summed E-state index contributed by atoms with van der Waals surface area (Å²) in [4.78, 5) is 28.1. The number of likely N-dealkylation sites (N-methyl/N-ethyl adjacent to an activating group) is 1. The number of ether oxygens (including phenoxy) is 2. The molecule has 0 spiro atoms. The molecule has 3 amide bonds. The fourth-order valence-corrected chi connectivity index (χ4v) is 6.08. The number of methoxy groups -OCH3 is 1. The standard InChI is InChI=1S/C31H35F3N4O7S/c1-19-16-38(20(2)18-39)29(40)25-9-6-10-26(36-30(41)35-22-8-5-7-21(15-22)31(32,33)34)28(25)45-27(19)17-37(3)46(42,43)24-13-11-23(44-4)12-14-24/h5-15,19-20,27,39H,16-18H2,1-4H3,(H2,35,36,41). The lowest BCUT2D eigenvalue weighted by Gasteiger charge is -2.38. The van der Waals surface area contributed by atoms with Gasteiger partial charge in [0.15, 0.2) is 5.75 Å². The molecule has 0 saturated carbocycles. The summed E-state index contributed by atoms with van der Waals surface area (Å²) in [6, 6.07) is 12.8. The summed E-state index contributed by atoms with van der Waals surface area (Å²) in [7, 11) is -1.14. The van der Waals surface area contributed by atoms with Gasteiger partial charge >= 0.3 is 12.2 Å². The molecule has 248 valence electrons. The molecule has 3 atom stereocenters. The minimum Gasteiger partial charge on any atom is -0.497 e. The van der Waals surface area contributed by atoms with Gasteiger partial charge in [-0.2, -0.15) is 17.5 Å². The number of para-hydroxylation sites is 1. The SMILES string of the molecule is COc1ccc(S(=O)(=O)N(C)CC2Oc3c(NC(=O)Nc4cccc(C(F)(F)F)c4)cccc3C(=O)N(C(C)CO)CC2C)cc1. The monoisotopic (exact) mass is 664 g/mol. The Kier molecular flexibility index (Phi) is 10.5. The van der Waals surface area contributed by atoms with Gasteiger partial charge < -0.3 is 30.1 Å². The molecule has 3 unspecified atom stereocenters. The Morgan fingerprint density at radius 2 is 1.80 bits per heavy atom. The molecule has 0 fully saturated rings. The number of sulfonamides is 1. The van der Waals surface area contributed by atoms with E-state index in [-0.39, 0.29) is 47.3 Å². The van der Waals surface area contributed by atoms with Crippen LogP contribution in [0.1, 0.15) is 29.8 Å². The average molecular weight is 665 g/mol. The van der Waals surface area contributed by atoms with E-state index in [1.807, 2.05) is 0 Å². The van der Waals surface area contributed by atoms with E-state index in [9.17, 15) is 36.3 Å². The third kappa shape index (κ3) is 7.71. The number of anilines is 2. The van der Waals surface area contributed by atoms with Crippen molar-refractivity contribution in [3.05, 3.63) is 77.9 Å². The number of carbonyl (C=O) groups excluding carboxylic acids is 2. The van der Waals surface area contributed by atoms with Gasteiger partial charge in [-0.05, 0) is 61.5 Å². The van der Waals surface area contributed by atoms with E-state index in [1.54, 1.807) is 13.8 Å². The maximum Gasteiger partial charge on any atom is 0.416 e. The zero-order valence-corrected chi connectivity index (χ0v) is 26.4. The maximum atomic E-state index is 13.7. The Labute approximate surface area is 265 Å². The summed E-state index contributed by atoms with van der Waals surface area (Å²) in [6.07, 6.45) is -5.47. The van der Waals surface area contributed by atoms with Crippen LogP contribution in [0, 0.1) is 5.92 Å². The number of aliphatic hydroxyl groups is 1. The quantitative estimate of drug-likeness (QED) is 0.296. The van der Waals surface area contributed by atoms with Gasteiger partial charge in [0.25, 0.3) is 5.91 Å². The molecule has 1 heterocycles. The molecule has 0 saturated heterocycles. The maximum absolute atomic E-state index is 13.7. The van der Waals surface area contributed by atoms with Crippen molar-refractivity contribution in [2.75, 3.05) is 44.5 Å². The summed E-state index contributed by atoms with van der Waals surface area (Å²) in [5.74, 6) is -0.543. The van der Waals surface area contributed by atoms with Crippen LogP contribution in [-0.4, -0.2) is 80.7 Å². The number of hydrogen-bond donors (Lipinski definition) is 3. The van der Waals surface area contributed by atoms with Gasteiger partial charge in [-0.25, -0.2) is 13.2 Å². The summed E-state index contributed by atoms with van der Waals surface area (Å²) in [6.45, 7) is 3.04. The van der Waals surface area contributed by atoms with Crippen molar-refractivity contribution >= 4 is 33.3 Å². The Hall–Kier alpha value is -4.34. The molecule has 46 heavy (non-hydrogen) atoms. The molecule has 3 aromatic rings. The highest BCUT2D eigenvalue weighted by molar-refractivity contribution is 7.89. The molecule has 0 bridgehead atoms. The van der Waals surface area contributed by atoms with Crippen molar-refractivity contribution in [2.45, 2.75) is 37.1 Å². The van der Waals surface area contributed by atoms with Crippen molar-refractivity contribution in [3.8, 4) is 11.5 Å². The lowest BCUT2D eigenvalue weighted by Crippen LogP contribution is -2.50. The second kappa shape index (κ2) is 14.0. The highest BCUT2D eigenvalue weighted by Gasteiger charge is 2.36. The molecule has 3 aromatic carbocycles. The van der Waals surface area contributed by atoms with Gasteiger partial charge in [0, 0.05) is 25.2 Å². The Morgan fingerprint density at radius 3 is 2.43 bits per heavy atom. The van der Waals surface area contributed by atoms with Crippen molar-refractivity contribution in [3.63, 3.8) is 0 Å². The summed E-state index contributed by atoms with van der Waals surface area (Å²) >= 11 is 0. The highest BCUT2D eigenvalue weighted by atomic mass is 32.2. The van der Waals surface area contributed by atoms with E-state index in [2.05, 4.69) is 10.6 Å². The van der Waals surface area contributed by atoms with Gasteiger partial charge in [-0.1, -0.05) is 19.1 Å². The minimum atomic E-state index is -4.62. The third-order valence-corrected chi connectivity index (χ3v) is 9.43. The molecule has 1 aliphatic heterocycles. The fraction of sp³-hybridized carbons (Fsp3) is 0.355. The highest BCUT2D eigenvalue weighted by Crippen LogP contribution is 2.36. The minimum absolute atomic E-state index is 0.0201. The largest absolute Gasteiger partial charge is 0.497 e. The number of rotatable bonds is 9. The van der Waals surface area contributed by atoms with Gasteiger partial charge in [0.1, 0.15) is 11.9 Å². The second-order valence-electron chi connectivity index (χ2n) is 10.9. The summed E-state index contributed by atoms with van der Waals surface area (Å²) in [5, 5.41) is 14.8. The van der Waals surface area contributed by atoms with Crippen LogP contribution in [-0.2, 0) is 16.2 Å². The van der Waals surface area contributed by atoms with Gasteiger partial charge in [-0.15, -0.1) is 0 Å². The zero-order chi connectivity index (χ0) is 33.8. The first kappa shape index (κ1) is 34.5. The number of aliphatic hydroxyl groups excluding tert-OH is 1. The number of benzene rings is 3. The lowest BCUT2D eigenvalue weighted by atomic mass is 9.99. The second-order valence-corrected chi connectivity index (χ2v) is 13.0. The molecule has 11 nitrogen and oxygen atoms in total. The van der Waals surface area contributed by atoms with Crippen LogP contribution in [0.5, 0.6) is 11.5 Å². The number of alkyl halides is 3. The molecule has 1 aliphatic rings. The van der Waals surface area contributed by atoms with Crippen LogP contribution in [0.25, 0.3) is 0 Å². The van der Waals surface area contributed by atoms with Crippen molar-refractivity contribution in [1.82, 2.24) is 9.21 Å². The molecule has 3 N–H and O–H groups in total.